The van der Waals surface area contributed by atoms with Crippen LogP contribution in [0.1, 0.15) is 29.9 Å². The summed E-state index contributed by atoms with van der Waals surface area (Å²) < 4.78 is 19.4. The fraction of sp³-hybridized carbons (Fsp3) is 0.348. The van der Waals surface area contributed by atoms with Crippen molar-refractivity contribution in [1.82, 2.24) is 20.4 Å². The molecule has 0 saturated carbocycles. The zero-order valence-electron chi connectivity index (χ0n) is 17.3. The predicted molar refractivity (Wildman–Crippen MR) is 116 cm³/mol. The van der Waals surface area contributed by atoms with Gasteiger partial charge in [0.1, 0.15) is 5.82 Å². The number of hydrogen-bond donors (Lipinski definition) is 1. The zero-order valence-corrected chi connectivity index (χ0v) is 18.0. The molecule has 3 aromatic rings. The Morgan fingerprint density at radius 1 is 1.23 bits per heavy atom. The molecule has 0 aliphatic carbocycles. The van der Waals surface area contributed by atoms with E-state index in [0.29, 0.717) is 41.0 Å². The topological polar surface area (TPSA) is 71.3 Å². The fourth-order valence-electron chi connectivity index (χ4n) is 3.69. The summed E-state index contributed by atoms with van der Waals surface area (Å²) >= 11 is 6.19. The first-order valence-electron chi connectivity index (χ1n) is 10.3. The highest BCUT2D eigenvalue weighted by Gasteiger charge is 2.26. The van der Waals surface area contributed by atoms with Crippen molar-refractivity contribution in [1.29, 1.82) is 0 Å². The number of piperidine rings is 1. The lowest BCUT2D eigenvalue weighted by Crippen LogP contribution is -2.40. The molecule has 6 nitrogen and oxygen atoms in total. The Bertz CT molecular complexity index is 1060. The molecule has 1 N–H and O–H groups in total. The minimum Gasteiger partial charge on any atom is -0.419 e. The van der Waals surface area contributed by atoms with E-state index in [1.54, 1.807) is 19.1 Å². The Kier molecular flexibility index (Phi) is 6.63. The number of benzene rings is 2. The van der Waals surface area contributed by atoms with Gasteiger partial charge in [0.25, 0.3) is 0 Å². The third-order valence-electron chi connectivity index (χ3n) is 5.59. The number of likely N-dealkylation sites (tertiary alicyclic amines) is 1. The van der Waals surface area contributed by atoms with Gasteiger partial charge in [-0.05, 0) is 62.2 Å². The van der Waals surface area contributed by atoms with Crippen molar-refractivity contribution in [2.75, 3.05) is 13.1 Å². The van der Waals surface area contributed by atoms with Crippen LogP contribution in [0.5, 0.6) is 0 Å². The van der Waals surface area contributed by atoms with Crippen LogP contribution in [0.2, 0.25) is 5.02 Å². The molecule has 0 spiro atoms. The van der Waals surface area contributed by atoms with Crippen LogP contribution in [-0.4, -0.2) is 34.1 Å². The SMILES string of the molecule is Cc1ccc(CNC(=O)C2CCN(Cc3nnc(-c4ccccc4Cl)o3)CC2)cc1F. The lowest BCUT2D eigenvalue weighted by atomic mass is 9.96. The molecule has 4 rings (SSSR count). The van der Waals surface area contributed by atoms with Crippen molar-refractivity contribution in [2.45, 2.75) is 32.9 Å². The number of carbonyl (C=O) groups is 1. The second-order valence-corrected chi connectivity index (χ2v) is 8.24. The fourth-order valence-corrected chi connectivity index (χ4v) is 3.90. The van der Waals surface area contributed by atoms with E-state index in [4.69, 9.17) is 16.0 Å². The van der Waals surface area contributed by atoms with Gasteiger partial charge in [-0.2, -0.15) is 0 Å². The van der Waals surface area contributed by atoms with E-state index in [0.717, 1.165) is 31.5 Å². The average Bonchev–Trinajstić information content (AvgIpc) is 3.23. The molecule has 1 fully saturated rings. The average molecular weight is 443 g/mol. The van der Waals surface area contributed by atoms with Gasteiger partial charge >= 0.3 is 0 Å². The summed E-state index contributed by atoms with van der Waals surface area (Å²) in [6.07, 6.45) is 1.50. The van der Waals surface area contributed by atoms with Crippen molar-refractivity contribution in [3.8, 4) is 11.5 Å². The standard InChI is InChI=1S/C23H24ClFN4O2/c1-15-6-7-16(12-20(15)25)13-26-22(30)17-8-10-29(11-9-17)14-21-27-28-23(31-21)18-4-2-3-5-19(18)24/h2-7,12,17H,8-11,13-14H2,1H3,(H,26,30). The van der Waals surface area contributed by atoms with Crippen LogP contribution in [0, 0.1) is 18.7 Å². The van der Waals surface area contributed by atoms with Gasteiger partial charge in [0.05, 0.1) is 17.1 Å². The summed E-state index contributed by atoms with van der Waals surface area (Å²) in [7, 11) is 0. The molecule has 1 amide bonds. The van der Waals surface area contributed by atoms with Crippen molar-refractivity contribution in [2.24, 2.45) is 5.92 Å². The van der Waals surface area contributed by atoms with Gasteiger partial charge in [0.2, 0.25) is 17.7 Å². The lowest BCUT2D eigenvalue weighted by Gasteiger charge is -2.30. The Morgan fingerprint density at radius 3 is 2.74 bits per heavy atom. The molecule has 1 aliphatic heterocycles. The lowest BCUT2D eigenvalue weighted by molar-refractivity contribution is -0.126. The Balaban J connectivity index is 1.25. The highest BCUT2D eigenvalue weighted by molar-refractivity contribution is 6.33. The molecule has 162 valence electrons. The maximum atomic E-state index is 13.7. The van der Waals surface area contributed by atoms with E-state index in [-0.39, 0.29) is 17.6 Å². The largest absolute Gasteiger partial charge is 0.419 e. The summed E-state index contributed by atoms with van der Waals surface area (Å²) in [5.74, 6) is 0.646. The highest BCUT2D eigenvalue weighted by Crippen LogP contribution is 2.27. The number of halogens is 2. The minimum atomic E-state index is -0.251. The zero-order chi connectivity index (χ0) is 21.8. The molecular formula is C23H24ClFN4O2. The maximum absolute atomic E-state index is 13.7. The monoisotopic (exact) mass is 442 g/mol. The number of nitrogens with zero attached hydrogens (tertiary/aromatic N) is 3. The number of hydrogen-bond acceptors (Lipinski definition) is 5. The van der Waals surface area contributed by atoms with E-state index in [2.05, 4.69) is 20.4 Å². The van der Waals surface area contributed by atoms with Crippen LogP contribution in [-0.2, 0) is 17.9 Å². The first-order chi connectivity index (χ1) is 15.0. The van der Waals surface area contributed by atoms with Crippen molar-refractivity contribution < 1.29 is 13.6 Å². The van der Waals surface area contributed by atoms with Crippen LogP contribution >= 0.6 is 11.6 Å². The van der Waals surface area contributed by atoms with Crippen LogP contribution < -0.4 is 5.32 Å². The maximum Gasteiger partial charge on any atom is 0.249 e. The molecule has 1 aromatic heterocycles. The highest BCUT2D eigenvalue weighted by atomic mass is 35.5. The molecule has 8 heteroatoms. The molecule has 0 bridgehead atoms. The minimum absolute atomic E-state index is 0.0134. The van der Waals surface area contributed by atoms with Crippen molar-refractivity contribution >= 4 is 17.5 Å². The summed E-state index contributed by atoms with van der Waals surface area (Å²) in [6, 6.07) is 12.4. The van der Waals surface area contributed by atoms with Crippen LogP contribution in [0.3, 0.4) is 0 Å². The third-order valence-corrected chi connectivity index (χ3v) is 5.92. The van der Waals surface area contributed by atoms with Crippen LogP contribution in [0.15, 0.2) is 46.9 Å². The molecule has 2 aromatic carbocycles. The number of amides is 1. The number of nitrogens with one attached hydrogen (secondary N) is 1. The van der Waals surface area contributed by atoms with Gasteiger partial charge in [-0.25, -0.2) is 4.39 Å². The van der Waals surface area contributed by atoms with Gasteiger partial charge in [0, 0.05) is 12.5 Å². The number of aryl methyl sites for hydroxylation is 1. The first-order valence-corrected chi connectivity index (χ1v) is 10.7. The normalized spacial score (nSPS) is 15.2. The molecule has 31 heavy (non-hydrogen) atoms. The van der Waals surface area contributed by atoms with Crippen molar-refractivity contribution in [3.63, 3.8) is 0 Å². The Hall–Kier alpha value is -2.77. The number of rotatable bonds is 6. The van der Waals surface area contributed by atoms with Gasteiger partial charge in [-0.1, -0.05) is 35.9 Å². The molecule has 0 unspecified atom stereocenters. The molecule has 2 heterocycles. The third kappa shape index (κ3) is 5.29. The van der Waals surface area contributed by atoms with E-state index >= 15 is 0 Å². The summed E-state index contributed by atoms with van der Waals surface area (Å²) in [5, 5.41) is 11.7. The second kappa shape index (κ2) is 9.58. The van der Waals surface area contributed by atoms with Crippen molar-refractivity contribution in [3.05, 3.63) is 70.3 Å². The van der Waals surface area contributed by atoms with Gasteiger partial charge in [-0.3, -0.25) is 9.69 Å². The van der Waals surface area contributed by atoms with Crippen LogP contribution in [0.4, 0.5) is 4.39 Å². The smallest absolute Gasteiger partial charge is 0.249 e. The first kappa shape index (κ1) is 21.5. The van der Waals surface area contributed by atoms with Gasteiger partial charge in [-0.15, -0.1) is 10.2 Å². The predicted octanol–water partition coefficient (Wildman–Crippen LogP) is 4.37. The Morgan fingerprint density at radius 2 is 2.00 bits per heavy atom. The van der Waals surface area contributed by atoms with E-state index in [1.165, 1.54) is 6.07 Å². The molecule has 1 saturated heterocycles. The van der Waals surface area contributed by atoms with Gasteiger partial charge in [0.15, 0.2) is 0 Å². The van der Waals surface area contributed by atoms with E-state index < -0.39 is 0 Å². The summed E-state index contributed by atoms with van der Waals surface area (Å²) in [5.41, 5.74) is 2.08. The number of aromatic nitrogens is 2. The molecule has 0 radical (unpaired) electrons. The summed E-state index contributed by atoms with van der Waals surface area (Å²) in [6.45, 7) is 4.12. The molecule has 0 atom stereocenters. The van der Waals surface area contributed by atoms with E-state index in [1.807, 2.05) is 24.3 Å². The number of carbonyl (C=O) groups excluding carboxylic acids is 1. The molecular weight excluding hydrogens is 419 g/mol. The Labute approximate surface area is 185 Å². The second-order valence-electron chi connectivity index (χ2n) is 7.83. The van der Waals surface area contributed by atoms with Crippen LogP contribution in [0.25, 0.3) is 11.5 Å². The van der Waals surface area contributed by atoms with E-state index in [9.17, 15) is 9.18 Å². The van der Waals surface area contributed by atoms with Gasteiger partial charge < -0.3 is 9.73 Å². The summed E-state index contributed by atoms with van der Waals surface area (Å²) in [4.78, 5) is 14.7. The molecule has 1 aliphatic rings. The quantitative estimate of drug-likeness (QED) is 0.614.